The Labute approximate surface area is 154 Å². The lowest BCUT2D eigenvalue weighted by Gasteiger charge is -2.00. The molecule has 0 spiro atoms. The van der Waals surface area contributed by atoms with E-state index < -0.39 is 0 Å². The lowest BCUT2D eigenvalue weighted by atomic mass is 10.1. The van der Waals surface area contributed by atoms with Crippen molar-refractivity contribution in [3.8, 4) is 0 Å². The van der Waals surface area contributed by atoms with Gasteiger partial charge in [-0.1, -0.05) is 17.4 Å². The second-order valence-electron chi connectivity index (χ2n) is 5.93. The molecule has 1 amide bonds. The normalized spacial score (nSPS) is 12.1. The average Bonchev–Trinajstić information content (AvgIpc) is 2.86. The van der Waals surface area contributed by atoms with Gasteiger partial charge in [-0.2, -0.15) is 4.99 Å². The van der Waals surface area contributed by atoms with E-state index in [0.717, 1.165) is 15.2 Å². The molecule has 6 heteroatoms. The Hall–Kier alpha value is -1.92. The first-order chi connectivity index (χ1) is 11.9. The summed E-state index contributed by atoms with van der Waals surface area (Å²) in [5.74, 6) is 0.241. The standard InChI is InChI=1S/C19H19FN2OS2/c1-12-10-13(2)18-16(11-12)22(3)19(25-18)21-17(23)8-9-24-15-6-4-14(20)5-7-15/h4-7,10-11H,8-9H2,1-3H3. The zero-order valence-electron chi connectivity index (χ0n) is 14.4. The molecular formula is C19H19FN2OS2. The molecule has 1 aromatic heterocycles. The SMILES string of the molecule is Cc1cc(C)c2sc(=NC(=O)CCSc3ccc(F)cc3)n(C)c2c1. The minimum Gasteiger partial charge on any atom is -0.319 e. The molecule has 0 saturated heterocycles. The van der Waals surface area contributed by atoms with E-state index in [0.29, 0.717) is 12.2 Å². The molecule has 0 aliphatic rings. The first kappa shape index (κ1) is 17.9. The van der Waals surface area contributed by atoms with Gasteiger partial charge in [0.2, 0.25) is 5.91 Å². The molecule has 0 bridgehead atoms. The maximum absolute atomic E-state index is 12.9. The van der Waals surface area contributed by atoms with Crippen LogP contribution in [0.5, 0.6) is 0 Å². The van der Waals surface area contributed by atoms with Crippen molar-refractivity contribution in [3.63, 3.8) is 0 Å². The fourth-order valence-electron chi connectivity index (χ4n) is 2.62. The molecule has 3 aromatic rings. The Morgan fingerprint density at radius 2 is 1.96 bits per heavy atom. The number of thiazole rings is 1. The van der Waals surface area contributed by atoms with Crippen molar-refractivity contribution in [2.75, 3.05) is 5.75 Å². The number of hydrogen-bond donors (Lipinski definition) is 0. The van der Waals surface area contributed by atoms with E-state index >= 15 is 0 Å². The fourth-order valence-corrected chi connectivity index (χ4v) is 4.55. The number of aryl methyl sites for hydroxylation is 3. The van der Waals surface area contributed by atoms with E-state index in [9.17, 15) is 9.18 Å². The molecule has 0 atom stereocenters. The van der Waals surface area contributed by atoms with Crippen molar-refractivity contribution >= 4 is 39.2 Å². The van der Waals surface area contributed by atoms with Crippen LogP contribution >= 0.6 is 23.1 Å². The van der Waals surface area contributed by atoms with Crippen molar-refractivity contribution in [3.05, 3.63) is 58.1 Å². The number of amides is 1. The van der Waals surface area contributed by atoms with Crippen molar-refractivity contribution in [2.45, 2.75) is 25.2 Å². The van der Waals surface area contributed by atoms with Crippen LogP contribution in [0, 0.1) is 19.7 Å². The molecule has 25 heavy (non-hydrogen) atoms. The van der Waals surface area contributed by atoms with E-state index in [1.807, 2.05) is 11.6 Å². The summed E-state index contributed by atoms with van der Waals surface area (Å²) >= 11 is 3.08. The second-order valence-corrected chi connectivity index (χ2v) is 8.08. The van der Waals surface area contributed by atoms with Gasteiger partial charge in [-0.3, -0.25) is 4.79 Å². The number of thioether (sulfide) groups is 1. The maximum atomic E-state index is 12.9. The number of carbonyl (C=O) groups excluding carboxylic acids is 1. The second kappa shape index (κ2) is 7.54. The van der Waals surface area contributed by atoms with Crippen LogP contribution in [0.2, 0.25) is 0 Å². The first-order valence-corrected chi connectivity index (χ1v) is 9.77. The number of nitrogens with zero attached hydrogens (tertiary/aromatic N) is 2. The van der Waals surface area contributed by atoms with Crippen molar-refractivity contribution in [1.29, 1.82) is 0 Å². The molecule has 130 valence electrons. The Morgan fingerprint density at radius 1 is 1.24 bits per heavy atom. The third-order valence-corrected chi connectivity index (χ3v) is 6.16. The highest BCUT2D eigenvalue weighted by Crippen LogP contribution is 2.23. The number of carbonyl (C=O) groups is 1. The number of fused-ring (bicyclic) bond motifs is 1. The summed E-state index contributed by atoms with van der Waals surface area (Å²) in [6.45, 7) is 4.15. The number of hydrogen-bond acceptors (Lipinski definition) is 3. The summed E-state index contributed by atoms with van der Waals surface area (Å²) in [5.41, 5.74) is 3.51. The molecule has 2 aromatic carbocycles. The Morgan fingerprint density at radius 3 is 2.68 bits per heavy atom. The van der Waals surface area contributed by atoms with Crippen molar-refractivity contribution in [2.24, 2.45) is 12.0 Å². The van der Waals surface area contributed by atoms with Crippen LogP contribution < -0.4 is 4.80 Å². The van der Waals surface area contributed by atoms with Gasteiger partial charge in [-0.05, 0) is 55.3 Å². The van der Waals surface area contributed by atoms with Gasteiger partial charge in [-0.25, -0.2) is 4.39 Å². The Balaban J connectivity index is 1.73. The lowest BCUT2D eigenvalue weighted by molar-refractivity contribution is -0.117. The quantitative estimate of drug-likeness (QED) is 0.625. The maximum Gasteiger partial charge on any atom is 0.249 e. The van der Waals surface area contributed by atoms with Crippen LogP contribution in [-0.4, -0.2) is 16.2 Å². The van der Waals surface area contributed by atoms with Crippen LogP contribution in [0.25, 0.3) is 10.2 Å². The third kappa shape index (κ3) is 4.19. The molecular weight excluding hydrogens is 355 g/mol. The number of halogens is 1. The van der Waals surface area contributed by atoms with Gasteiger partial charge in [-0.15, -0.1) is 11.8 Å². The van der Waals surface area contributed by atoms with E-state index in [2.05, 4.69) is 31.0 Å². The molecule has 0 fully saturated rings. The highest BCUT2D eigenvalue weighted by atomic mass is 32.2. The average molecular weight is 375 g/mol. The highest BCUT2D eigenvalue weighted by molar-refractivity contribution is 7.99. The van der Waals surface area contributed by atoms with Crippen LogP contribution in [0.15, 0.2) is 46.3 Å². The molecule has 1 heterocycles. The van der Waals surface area contributed by atoms with Crippen LogP contribution in [0.1, 0.15) is 17.5 Å². The fraction of sp³-hybridized carbons (Fsp3) is 0.263. The summed E-state index contributed by atoms with van der Waals surface area (Å²) in [7, 11) is 1.94. The monoisotopic (exact) mass is 374 g/mol. The Bertz CT molecular complexity index is 987. The molecule has 0 unspecified atom stereocenters. The Kier molecular flexibility index (Phi) is 5.39. The van der Waals surface area contributed by atoms with Crippen LogP contribution in [0.4, 0.5) is 4.39 Å². The molecule has 0 N–H and O–H groups in total. The summed E-state index contributed by atoms with van der Waals surface area (Å²) < 4.78 is 16.0. The third-order valence-electron chi connectivity index (χ3n) is 3.86. The molecule has 0 saturated carbocycles. The molecule has 0 aliphatic carbocycles. The van der Waals surface area contributed by atoms with Crippen molar-refractivity contribution < 1.29 is 9.18 Å². The minimum atomic E-state index is -0.252. The van der Waals surface area contributed by atoms with Gasteiger partial charge in [0, 0.05) is 24.1 Å². The van der Waals surface area contributed by atoms with E-state index in [1.54, 1.807) is 23.5 Å². The van der Waals surface area contributed by atoms with Gasteiger partial charge in [0.15, 0.2) is 4.80 Å². The predicted molar refractivity (Wildman–Crippen MR) is 103 cm³/mol. The number of aromatic nitrogens is 1. The van der Waals surface area contributed by atoms with Crippen LogP contribution in [0.3, 0.4) is 0 Å². The van der Waals surface area contributed by atoms with E-state index in [-0.39, 0.29) is 11.7 Å². The molecule has 0 aliphatic heterocycles. The number of benzene rings is 2. The van der Waals surface area contributed by atoms with Gasteiger partial charge in [0.25, 0.3) is 0 Å². The smallest absolute Gasteiger partial charge is 0.249 e. The molecule has 3 nitrogen and oxygen atoms in total. The number of rotatable bonds is 4. The van der Waals surface area contributed by atoms with E-state index in [1.165, 1.54) is 39.7 Å². The van der Waals surface area contributed by atoms with Gasteiger partial charge in [0.1, 0.15) is 5.82 Å². The van der Waals surface area contributed by atoms with Crippen molar-refractivity contribution in [1.82, 2.24) is 4.57 Å². The summed E-state index contributed by atoms with van der Waals surface area (Å²) in [6, 6.07) is 10.6. The molecule has 0 radical (unpaired) electrons. The minimum absolute atomic E-state index is 0.133. The van der Waals surface area contributed by atoms with Gasteiger partial charge >= 0.3 is 0 Å². The summed E-state index contributed by atoms with van der Waals surface area (Å²) in [5, 5.41) is 0. The zero-order chi connectivity index (χ0) is 18.0. The topological polar surface area (TPSA) is 34.4 Å². The first-order valence-electron chi connectivity index (χ1n) is 7.97. The summed E-state index contributed by atoms with van der Waals surface area (Å²) in [4.78, 5) is 18.1. The molecule has 3 rings (SSSR count). The predicted octanol–water partition coefficient (Wildman–Crippen LogP) is 4.61. The van der Waals surface area contributed by atoms with E-state index in [4.69, 9.17) is 0 Å². The van der Waals surface area contributed by atoms with Crippen LogP contribution in [-0.2, 0) is 11.8 Å². The summed E-state index contributed by atoms with van der Waals surface area (Å²) in [6.07, 6.45) is 0.355. The zero-order valence-corrected chi connectivity index (χ0v) is 16.0. The largest absolute Gasteiger partial charge is 0.319 e. The van der Waals surface area contributed by atoms with Gasteiger partial charge in [0.05, 0.1) is 10.2 Å². The highest BCUT2D eigenvalue weighted by Gasteiger charge is 2.08. The van der Waals surface area contributed by atoms with Gasteiger partial charge < -0.3 is 4.57 Å². The lowest BCUT2D eigenvalue weighted by Crippen LogP contribution is -2.13.